The zero-order chi connectivity index (χ0) is 9.97. The fourth-order valence-electron chi connectivity index (χ4n) is 1.01. The van der Waals surface area contributed by atoms with E-state index in [9.17, 15) is 4.79 Å². The van der Waals surface area contributed by atoms with E-state index in [2.05, 4.69) is 37.8 Å². The smallest absolute Gasteiger partial charge is 0.264 e. The molecule has 0 aliphatic carbocycles. The van der Waals surface area contributed by atoms with Crippen molar-refractivity contribution in [2.45, 2.75) is 0 Å². The maximum atomic E-state index is 10.8. The number of hydrogen-bond acceptors (Lipinski definition) is 3. The van der Waals surface area contributed by atoms with Gasteiger partial charge in [-0.25, -0.2) is 5.10 Å². The number of hydrogen-bond donors (Lipinski definition) is 1. The molecular formula is C9H6IN3O. The van der Waals surface area contributed by atoms with E-state index in [4.69, 9.17) is 0 Å². The molecule has 0 aromatic carbocycles. The van der Waals surface area contributed by atoms with Gasteiger partial charge < -0.3 is 0 Å². The number of aromatic amines is 1. The van der Waals surface area contributed by atoms with Crippen LogP contribution in [-0.4, -0.2) is 15.2 Å². The molecule has 2 rings (SSSR count). The molecule has 0 unspecified atom stereocenters. The van der Waals surface area contributed by atoms with Gasteiger partial charge in [-0.2, -0.15) is 5.10 Å². The summed E-state index contributed by atoms with van der Waals surface area (Å²) in [5.41, 5.74) is 1.21. The Balaban J connectivity index is 2.44. The number of halogens is 1. The first kappa shape index (κ1) is 9.32. The van der Waals surface area contributed by atoms with Crippen molar-refractivity contribution in [3.63, 3.8) is 0 Å². The Morgan fingerprint density at radius 1 is 1.14 bits per heavy atom. The van der Waals surface area contributed by atoms with Crippen molar-refractivity contribution in [3.05, 3.63) is 44.4 Å². The van der Waals surface area contributed by atoms with Crippen molar-refractivity contribution in [3.8, 4) is 11.4 Å². The molecule has 70 valence electrons. The van der Waals surface area contributed by atoms with E-state index in [0.29, 0.717) is 5.69 Å². The van der Waals surface area contributed by atoms with Crippen molar-refractivity contribution >= 4 is 22.6 Å². The van der Waals surface area contributed by atoms with Gasteiger partial charge in [0, 0.05) is 15.8 Å². The number of nitrogens with one attached hydrogen (secondary N) is 1. The summed E-state index contributed by atoms with van der Waals surface area (Å²) in [4.78, 5) is 15.0. The van der Waals surface area contributed by atoms with E-state index >= 15 is 0 Å². The first-order chi connectivity index (χ1) is 6.75. The Bertz CT molecular complexity index is 472. The molecule has 2 aromatic heterocycles. The largest absolute Gasteiger partial charge is 0.268 e. The summed E-state index contributed by atoms with van der Waals surface area (Å²) in [6.07, 6.45) is 1.75. The molecule has 5 heteroatoms. The third-order valence-corrected chi connectivity index (χ3v) is 2.31. The number of aromatic nitrogens is 3. The predicted molar refractivity (Wildman–Crippen MR) is 60.8 cm³/mol. The third kappa shape index (κ3) is 1.98. The number of nitrogens with zero attached hydrogens (tertiary/aromatic N) is 2. The van der Waals surface area contributed by atoms with E-state index in [1.54, 1.807) is 12.3 Å². The molecule has 4 nitrogen and oxygen atoms in total. The topological polar surface area (TPSA) is 58.6 Å². The van der Waals surface area contributed by atoms with Gasteiger partial charge in [-0.05, 0) is 40.8 Å². The number of pyridine rings is 1. The molecule has 0 aliphatic heterocycles. The Kier molecular flexibility index (Phi) is 2.58. The van der Waals surface area contributed by atoms with Crippen LogP contribution in [0.2, 0.25) is 0 Å². The molecule has 0 aliphatic rings. The molecule has 0 saturated heterocycles. The predicted octanol–water partition coefficient (Wildman–Crippen LogP) is 1.44. The fourth-order valence-corrected chi connectivity index (χ4v) is 1.33. The van der Waals surface area contributed by atoms with Crippen molar-refractivity contribution in [1.82, 2.24) is 15.2 Å². The highest BCUT2D eigenvalue weighted by Crippen LogP contribution is 2.12. The van der Waals surface area contributed by atoms with Gasteiger partial charge in [0.2, 0.25) is 0 Å². The number of rotatable bonds is 1. The normalized spacial score (nSPS) is 10.1. The highest BCUT2D eigenvalue weighted by Gasteiger charge is 1.99. The second-order valence-electron chi connectivity index (χ2n) is 2.67. The van der Waals surface area contributed by atoms with Crippen molar-refractivity contribution in [2.24, 2.45) is 0 Å². The first-order valence-electron chi connectivity index (χ1n) is 3.93. The van der Waals surface area contributed by atoms with Gasteiger partial charge >= 0.3 is 0 Å². The molecule has 14 heavy (non-hydrogen) atoms. The van der Waals surface area contributed by atoms with Crippen LogP contribution >= 0.6 is 22.6 Å². The molecule has 0 radical (unpaired) electrons. The lowest BCUT2D eigenvalue weighted by molar-refractivity contribution is 0.988. The highest BCUT2D eigenvalue weighted by atomic mass is 127. The van der Waals surface area contributed by atoms with E-state index < -0.39 is 0 Å². The lowest BCUT2D eigenvalue weighted by Crippen LogP contribution is -2.05. The van der Waals surface area contributed by atoms with Crippen LogP contribution in [0.1, 0.15) is 0 Å². The summed E-state index contributed by atoms with van der Waals surface area (Å²) in [6, 6.07) is 6.88. The third-order valence-electron chi connectivity index (χ3n) is 1.67. The summed E-state index contributed by atoms with van der Waals surface area (Å²) >= 11 is 2.18. The van der Waals surface area contributed by atoms with Crippen LogP contribution in [0, 0.1) is 3.57 Å². The summed E-state index contributed by atoms with van der Waals surface area (Å²) in [5.74, 6) is 0. The number of H-pyrrole nitrogens is 1. The fraction of sp³-hybridized carbons (Fsp3) is 0. The minimum absolute atomic E-state index is 0.209. The molecule has 0 atom stereocenters. The zero-order valence-electron chi connectivity index (χ0n) is 7.07. The van der Waals surface area contributed by atoms with Crippen LogP contribution in [-0.2, 0) is 0 Å². The van der Waals surface area contributed by atoms with E-state index in [1.165, 1.54) is 6.07 Å². The van der Waals surface area contributed by atoms with E-state index in [-0.39, 0.29) is 5.56 Å². The maximum Gasteiger partial charge on any atom is 0.264 e. The molecule has 0 saturated carbocycles. The average Bonchev–Trinajstić information content (AvgIpc) is 2.21. The average molecular weight is 299 g/mol. The Labute approximate surface area is 93.5 Å². The van der Waals surface area contributed by atoms with Gasteiger partial charge in [-0.1, -0.05) is 0 Å². The van der Waals surface area contributed by atoms with Gasteiger partial charge in [0.15, 0.2) is 0 Å². The van der Waals surface area contributed by atoms with Crippen molar-refractivity contribution in [2.75, 3.05) is 0 Å². The van der Waals surface area contributed by atoms with Crippen molar-refractivity contribution < 1.29 is 0 Å². The highest BCUT2D eigenvalue weighted by molar-refractivity contribution is 14.1. The minimum Gasteiger partial charge on any atom is -0.268 e. The summed E-state index contributed by atoms with van der Waals surface area (Å²) in [6.45, 7) is 0. The van der Waals surface area contributed by atoms with Gasteiger partial charge in [0.1, 0.15) is 5.69 Å². The minimum atomic E-state index is -0.209. The SMILES string of the molecule is O=c1ccc(-c2ccc(I)cn2)n[nH]1. The summed E-state index contributed by atoms with van der Waals surface area (Å²) in [7, 11) is 0. The molecule has 0 bridgehead atoms. The second-order valence-corrected chi connectivity index (χ2v) is 3.91. The second kappa shape index (κ2) is 3.87. The van der Waals surface area contributed by atoms with Crippen LogP contribution in [0.4, 0.5) is 0 Å². The van der Waals surface area contributed by atoms with Crippen LogP contribution in [0.3, 0.4) is 0 Å². The van der Waals surface area contributed by atoms with Gasteiger partial charge in [-0.15, -0.1) is 0 Å². The lowest BCUT2D eigenvalue weighted by atomic mass is 10.2. The molecule has 0 fully saturated rings. The van der Waals surface area contributed by atoms with Gasteiger partial charge in [-0.3, -0.25) is 9.78 Å². The van der Waals surface area contributed by atoms with E-state index in [0.717, 1.165) is 9.26 Å². The van der Waals surface area contributed by atoms with Crippen LogP contribution < -0.4 is 5.56 Å². The quantitative estimate of drug-likeness (QED) is 0.811. The Hall–Kier alpha value is -1.24. The molecule has 2 aromatic rings. The first-order valence-corrected chi connectivity index (χ1v) is 5.01. The molecule has 2 heterocycles. The van der Waals surface area contributed by atoms with Crippen LogP contribution in [0.5, 0.6) is 0 Å². The molecule has 0 amide bonds. The maximum absolute atomic E-state index is 10.8. The summed E-state index contributed by atoms with van der Waals surface area (Å²) < 4.78 is 1.07. The van der Waals surface area contributed by atoms with Crippen molar-refractivity contribution in [1.29, 1.82) is 0 Å². The molecule has 0 spiro atoms. The standard InChI is InChI=1S/C9H6IN3O/c10-6-1-2-7(11-5-6)8-3-4-9(14)13-12-8/h1-5H,(H,13,14). The Morgan fingerprint density at radius 2 is 1.93 bits per heavy atom. The van der Waals surface area contributed by atoms with E-state index in [1.807, 2.05) is 12.1 Å². The van der Waals surface area contributed by atoms with Crippen LogP contribution in [0.15, 0.2) is 35.3 Å². The monoisotopic (exact) mass is 299 g/mol. The summed E-state index contributed by atoms with van der Waals surface area (Å²) in [5, 5.41) is 6.24. The zero-order valence-corrected chi connectivity index (χ0v) is 9.22. The van der Waals surface area contributed by atoms with Gasteiger partial charge in [0.05, 0.1) is 5.69 Å². The molecular weight excluding hydrogens is 293 g/mol. The Morgan fingerprint density at radius 3 is 2.50 bits per heavy atom. The lowest BCUT2D eigenvalue weighted by Gasteiger charge is -1.97. The van der Waals surface area contributed by atoms with Gasteiger partial charge in [0.25, 0.3) is 5.56 Å². The van der Waals surface area contributed by atoms with Crippen LogP contribution in [0.25, 0.3) is 11.4 Å². The molecule has 1 N–H and O–H groups in total.